The van der Waals surface area contributed by atoms with E-state index in [0.717, 1.165) is 45.1 Å². The molecular weight excluding hydrogens is 435 g/mol. The first kappa shape index (κ1) is 20.9. The summed E-state index contributed by atoms with van der Waals surface area (Å²) in [6, 6.07) is 0. The van der Waals surface area contributed by atoms with Crippen LogP contribution < -0.4 is 10.6 Å². The average molecular weight is 466 g/mol. The van der Waals surface area contributed by atoms with E-state index in [0.29, 0.717) is 0 Å². The maximum absolute atomic E-state index is 10.8. The van der Waals surface area contributed by atoms with E-state index >= 15 is 0 Å². The highest BCUT2D eigenvalue weighted by molar-refractivity contribution is 14.1. The third-order valence-electron chi connectivity index (χ3n) is 5.32. The summed E-state index contributed by atoms with van der Waals surface area (Å²) >= 11 is 2.29. The van der Waals surface area contributed by atoms with E-state index in [4.69, 9.17) is 4.74 Å². The van der Waals surface area contributed by atoms with E-state index in [-0.39, 0.29) is 28.5 Å². The SMILES string of the molecule is CC(=O)NC12CC(O)(C1)C2.CCI.CCOC12CC(NC(C)=O)(C1)C2. The molecule has 0 aromatic carbocycles. The monoisotopic (exact) mass is 466 g/mol. The highest BCUT2D eigenvalue weighted by Crippen LogP contribution is 2.62. The summed E-state index contributed by atoms with van der Waals surface area (Å²) in [6.07, 6.45) is 5.35. The number of carbonyl (C=O) groups is 2. The summed E-state index contributed by atoms with van der Waals surface area (Å²) in [5, 5.41) is 15.1. The molecule has 6 saturated carbocycles. The van der Waals surface area contributed by atoms with E-state index in [1.807, 2.05) is 6.92 Å². The van der Waals surface area contributed by atoms with Crippen LogP contribution in [-0.4, -0.2) is 50.2 Å². The van der Waals surface area contributed by atoms with Crippen molar-refractivity contribution in [1.29, 1.82) is 0 Å². The van der Waals surface area contributed by atoms with Gasteiger partial charge in [-0.1, -0.05) is 29.5 Å². The Labute approximate surface area is 164 Å². The number of carbonyl (C=O) groups excluding carboxylic acids is 2. The molecular formula is C18H31IN2O4. The lowest BCUT2D eigenvalue weighted by molar-refractivity contribution is -0.247. The van der Waals surface area contributed by atoms with Gasteiger partial charge in [0.15, 0.2) is 0 Å². The van der Waals surface area contributed by atoms with Gasteiger partial charge in [-0.2, -0.15) is 0 Å². The molecule has 0 aromatic rings. The Kier molecular flexibility index (Phi) is 6.11. The minimum absolute atomic E-state index is 0.000579. The van der Waals surface area contributed by atoms with Gasteiger partial charge >= 0.3 is 0 Å². The molecule has 0 atom stereocenters. The second-order valence-corrected chi connectivity index (χ2v) is 9.62. The van der Waals surface area contributed by atoms with Crippen LogP contribution in [0.15, 0.2) is 0 Å². The molecule has 6 aliphatic rings. The zero-order chi connectivity index (χ0) is 18.9. The summed E-state index contributed by atoms with van der Waals surface area (Å²) in [5.41, 5.74) is -0.124. The van der Waals surface area contributed by atoms with Gasteiger partial charge in [-0.15, -0.1) is 0 Å². The normalized spacial score (nSPS) is 40.9. The Morgan fingerprint density at radius 2 is 1.32 bits per heavy atom. The number of alkyl halides is 1. The lowest BCUT2D eigenvalue weighted by atomic mass is 9.46. The van der Waals surface area contributed by atoms with Gasteiger partial charge in [0.25, 0.3) is 0 Å². The van der Waals surface area contributed by atoms with Gasteiger partial charge in [-0.25, -0.2) is 0 Å². The standard InChI is InChI=1S/C9H15NO2.C7H11NO2.C2H5I/c1-3-12-9-4-8(5-9,6-9)10-7(2)11;1-5(9)8-6-2-7(10,3-6)4-6;1-2-3/h3-6H2,1-2H3,(H,10,11);10H,2-4H2,1H3,(H,8,9);2H2,1H3. The van der Waals surface area contributed by atoms with Gasteiger partial charge < -0.3 is 20.5 Å². The topological polar surface area (TPSA) is 87.7 Å². The van der Waals surface area contributed by atoms with Crippen molar-refractivity contribution in [1.82, 2.24) is 10.6 Å². The molecule has 4 bridgehead atoms. The van der Waals surface area contributed by atoms with E-state index in [9.17, 15) is 14.7 Å². The van der Waals surface area contributed by atoms with Crippen LogP contribution in [0.2, 0.25) is 0 Å². The average Bonchev–Trinajstić information content (AvgIpc) is 2.32. The lowest BCUT2D eigenvalue weighted by Gasteiger charge is -2.69. The van der Waals surface area contributed by atoms with Crippen molar-refractivity contribution >= 4 is 34.4 Å². The van der Waals surface area contributed by atoms with Gasteiger partial charge in [-0.05, 0) is 49.9 Å². The number of aliphatic hydroxyl groups is 1. The molecule has 6 fully saturated rings. The minimum Gasteiger partial charge on any atom is -0.390 e. The number of hydrogen-bond donors (Lipinski definition) is 3. The van der Waals surface area contributed by atoms with Gasteiger partial charge in [-0.3, -0.25) is 9.59 Å². The molecule has 2 amide bonds. The fourth-order valence-corrected chi connectivity index (χ4v) is 4.90. The van der Waals surface area contributed by atoms with Crippen LogP contribution in [0.3, 0.4) is 0 Å². The van der Waals surface area contributed by atoms with E-state index in [1.165, 1.54) is 11.4 Å². The number of halogens is 1. The molecule has 0 spiro atoms. The molecule has 3 N–H and O–H groups in total. The van der Waals surface area contributed by atoms with Crippen molar-refractivity contribution in [3.05, 3.63) is 0 Å². The van der Waals surface area contributed by atoms with E-state index in [2.05, 4.69) is 40.1 Å². The van der Waals surface area contributed by atoms with Crippen molar-refractivity contribution in [2.24, 2.45) is 0 Å². The summed E-state index contributed by atoms with van der Waals surface area (Å²) in [7, 11) is 0. The molecule has 0 aliphatic heterocycles. The molecule has 0 unspecified atom stereocenters. The quantitative estimate of drug-likeness (QED) is 0.438. The molecule has 0 aromatic heterocycles. The number of nitrogens with one attached hydrogen (secondary N) is 2. The first-order chi connectivity index (χ1) is 11.6. The van der Waals surface area contributed by atoms with Crippen LogP contribution in [0.25, 0.3) is 0 Å². The predicted octanol–water partition coefficient (Wildman–Crippen LogP) is 2.07. The molecule has 6 nitrogen and oxygen atoms in total. The van der Waals surface area contributed by atoms with Crippen molar-refractivity contribution < 1.29 is 19.4 Å². The van der Waals surface area contributed by atoms with Crippen LogP contribution in [0.5, 0.6) is 0 Å². The Balaban J connectivity index is 0.000000158. The first-order valence-electron chi connectivity index (χ1n) is 9.05. The molecule has 25 heavy (non-hydrogen) atoms. The minimum atomic E-state index is -0.400. The number of ether oxygens (including phenoxy) is 1. The van der Waals surface area contributed by atoms with Crippen LogP contribution in [-0.2, 0) is 14.3 Å². The fraction of sp³-hybridized carbons (Fsp3) is 0.889. The van der Waals surface area contributed by atoms with Gasteiger partial charge in [0.05, 0.1) is 11.2 Å². The highest BCUT2D eigenvalue weighted by Gasteiger charge is 2.69. The van der Waals surface area contributed by atoms with Gasteiger partial charge in [0.2, 0.25) is 11.8 Å². The van der Waals surface area contributed by atoms with Crippen LogP contribution in [0.4, 0.5) is 0 Å². The third kappa shape index (κ3) is 4.47. The smallest absolute Gasteiger partial charge is 0.217 e. The predicted molar refractivity (Wildman–Crippen MR) is 105 cm³/mol. The van der Waals surface area contributed by atoms with Crippen molar-refractivity contribution in [2.75, 3.05) is 11.0 Å². The van der Waals surface area contributed by atoms with Crippen molar-refractivity contribution in [3.8, 4) is 0 Å². The molecule has 6 aliphatic carbocycles. The number of rotatable bonds is 4. The Morgan fingerprint density at radius 3 is 1.60 bits per heavy atom. The summed E-state index contributed by atoms with van der Waals surface area (Å²) in [5.74, 6) is 0.0987. The van der Waals surface area contributed by atoms with Crippen LogP contribution in [0.1, 0.15) is 66.2 Å². The van der Waals surface area contributed by atoms with Crippen molar-refractivity contribution in [3.63, 3.8) is 0 Å². The Bertz CT molecular complexity index is 498. The summed E-state index contributed by atoms with van der Waals surface area (Å²) in [4.78, 5) is 21.4. The molecule has 144 valence electrons. The number of hydrogen-bond acceptors (Lipinski definition) is 4. The zero-order valence-corrected chi connectivity index (χ0v) is 17.9. The fourth-order valence-electron chi connectivity index (χ4n) is 4.90. The summed E-state index contributed by atoms with van der Waals surface area (Å²) in [6.45, 7) is 8.01. The van der Waals surface area contributed by atoms with Crippen molar-refractivity contribution in [2.45, 2.75) is 88.5 Å². The van der Waals surface area contributed by atoms with Crippen LogP contribution in [0, 0.1) is 0 Å². The molecule has 0 saturated heterocycles. The Morgan fingerprint density at radius 1 is 0.960 bits per heavy atom. The highest BCUT2D eigenvalue weighted by atomic mass is 127. The molecule has 0 heterocycles. The van der Waals surface area contributed by atoms with Gasteiger partial charge in [0, 0.05) is 31.5 Å². The maximum Gasteiger partial charge on any atom is 0.217 e. The molecule has 6 rings (SSSR count). The summed E-state index contributed by atoms with van der Waals surface area (Å²) < 4.78 is 6.81. The Hall–Kier alpha value is -0.410. The second-order valence-electron chi connectivity index (χ2n) is 8.09. The largest absolute Gasteiger partial charge is 0.390 e. The number of amides is 2. The molecule has 0 radical (unpaired) electrons. The van der Waals surface area contributed by atoms with Gasteiger partial charge in [0.1, 0.15) is 0 Å². The maximum atomic E-state index is 10.8. The molecule has 7 heteroatoms. The van der Waals surface area contributed by atoms with E-state index in [1.54, 1.807) is 6.92 Å². The third-order valence-corrected chi connectivity index (χ3v) is 5.32. The lowest BCUT2D eigenvalue weighted by Crippen LogP contribution is -2.79. The van der Waals surface area contributed by atoms with Crippen LogP contribution >= 0.6 is 22.6 Å². The van der Waals surface area contributed by atoms with E-state index < -0.39 is 5.60 Å². The first-order valence-corrected chi connectivity index (χ1v) is 10.6. The second kappa shape index (κ2) is 7.31. The zero-order valence-electron chi connectivity index (χ0n) is 15.7.